The zero-order chi connectivity index (χ0) is 11.4. The quantitative estimate of drug-likeness (QED) is 0.586. The topological polar surface area (TPSA) is 65.0 Å². The predicted molar refractivity (Wildman–Crippen MR) is 50.0 cm³/mol. The van der Waals surface area contributed by atoms with Crippen LogP contribution in [0.15, 0.2) is 0 Å². The van der Waals surface area contributed by atoms with Gasteiger partial charge >= 0.3 is 5.97 Å². The molecule has 0 aromatic rings. The first-order chi connectivity index (χ1) is 6.74. The summed E-state index contributed by atoms with van der Waals surface area (Å²) in [5, 5.41) is 9.98. The van der Waals surface area contributed by atoms with Gasteiger partial charge in [-0.25, -0.2) is 4.79 Å². The summed E-state index contributed by atoms with van der Waals surface area (Å²) in [5.41, 5.74) is -1.63. The molecule has 0 spiro atoms. The summed E-state index contributed by atoms with van der Waals surface area (Å²) >= 11 is 0. The molecule has 2 saturated heterocycles. The lowest BCUT2D eigenvalue weighted by atomic mass is 9.89. The predicted octanol–water partition coefficient (Wildman–Crippen LogP) is 0.203. The lowest BCUT2D eigenvalue weighted by Crippen LogP contribution is -2.60. The van der Waals surface area contributed by atoms with Gasteiger partial charge in [0.1, 0.15) is 18.3 Å². The van der Waals surface area contributed by atoms with Gasteiger partial charge in [-0.2, -0.15) is 0 Å². The number of ether oxygens (including phenoxy) is 3. The summed E-state index contributed by atoms with van der Waals surface area (Å²) < 4.78 is 16.1. The standard InChI is InChI=1S/C10H16O5/c1-5-6-7(15-9(2,3)14-6)10(4,12)8(11)13-5/h5-7,12H,1-4H3/t5-,6+,7+,10-/m0/s1. The molecule has 0 aromatic carbocycles. The van der Waals surface area contributed by atoms with E-state index in [0.29, 0.717) is 0 Å². The Morgan fingerprint density at radius 2 is 1.87 bits per heavy atom. The maximum absolute atomic E-state index is 11.5. The second kappa shape index (κ2) is 2.93. The summed E-state index contributed by atoms with van der Waals surface area (Å²) in [6.07, 6.45) is -1.47. The highest BCUT2D eigenvalue weighted by atomic mass is 16.8. The van der Waals surface area contributed by atoms with Crippen LogP contribution in [0.3, 0.4) is 0 Å². The van der Waals surface area contributed by atoms with Crippen LogP contribution < -0.4 is 0 Å². The summed E-state index contributed by atoms with van der Waals surface area (Å²) in [4.78, 5) is 11.5. The number of hydrogen-bond acceptors (Lipinski definition) is 5. The van der Waals surface area contributed by atoms with Gasteiger partial charge in [0.2, 0.25) is 0 Å². The van der Waals surface area contributed by atoms with Gasteiger partial charge in [0.05, 0.1) is 0 Å². The van der Waals surface area contributed by atoms with E-state index in [-0.39, 0.29) is 0 Å². The zero-order valence-corrected chi connectivity index (χ0v) is 9.31. The summed E-state index contributed by atoms with van der Waals surface area (Å²) in [7, 11) is 0. The largest absolute Gasteiger partial charge is 0.458 e. The average Bonchev–Trinajstić information content (AvgIpc) is 2.40. The second-order valence-electron chi connectivity index (χ2n) is 4.78. The van der Waals surface area contributed by atoms with Crippen LogP contribution in [0.1, 0.15) is 27.7 Å². The molecular formula is C10H16O5. The number of esters is 1. The highest BCUT2D eigenvalue weighted by Gasteiger charge is 2.60. The Kier molecular flexibility index (Phi) is 2.12. The molecule has 4 atom stereocenters. The number of cyclic esters (lactones) is 1. The number of fused-ring (bicyclic) bond motifs is 1. The zero-order valence-electron chi connectivity index (χ0n) is 9.31. The van der Waals surface area contributed by atoms with Crippen LogP contribution in [-0.2, 0) is 19.0 Å². The van der Waals surface area contributed by atoms with E-state index in [1.165, 1.54) is 6.92 Å². The Labute approximate surface area is 88.3 Å². The minimum absolute atomic E-state index is 0.399. The number of carbonyl (C=O) groups excluding carboxylic acids is 1. The second-order valence-corrected chi connectivity index (χ2v) is 4.78. The maximum Gasteiger partial charge on any atom is 0.341 e. The van der Waals surface area contributed by atoms with Gasteiger partial charge in [-0.15, -0.1) is 0 Å². The molecule has 15 heavy (non-hydrogen) atoms. The Balaban J connectivity index is 2.31. The Morgan fingerprint density at radius 1 is 1.27 bits per heavy atom. The molecule has 2 aliphatic rings. The third kappa shape index (κ3) is 1.55. The van der Waals surface area contributed by atoms with Gasteiger partial charge in [0, 0.05) is 0 Å². The van der Waals surface area contributed by atoms with Crippen LogP contribution in [0, 0.1) is 0 Å². The SMILES string of the molecule is C[C@@H]1OC(=O)[C@@](C)(O)[C@@H]2OC(C)(C)O[C@H]12. The fraction of sp³-hybridized carbons (Fsp3) is 0.900. The van der Waals surface area contributed by atoms with Crippen LogP contribution in [0.5, 0.6) is 0 Å². The Morgan fingerprint density at radius 3 is 2.47 bits per heavy atom. The van der Waals surface area contributed by atoms with Crippen LogP contribution in [-0.4, -0.2) is 40.8 Å². The van der Waals surface area contributed by atoms with Crippen molar-refractivity contribution in [2.24, 2.45) is 0 Å². The van der Waals surface area contributed by atoms with Crippen LogP contribution in [0.2, 0.25) is 0 Å². The molecule has 2 rings (SSSR count). The Bertz CT molecular complexity index is 296. The molecular weight excluding hydrogens is 200 g/mol. The fourth-order valence-corrected chi connectivity index (χ4v) is 2.04. The smallest absolute Gasteiger partial charge is 0.341 e. The van der Waals surface area contributed by atoms with Gasteiger partial charge in [0.25, 0.3) is 0 Å². The van der Waals surface area contributed by atoms with Gasteiger partial charge < -0.3 is 19.3 Å². The normalized spacial score (nSPS) is 48.6. The first-order valence-electron chi connectivity index (χ1n) is 5.03. The Hall–Kier alpha value is -0.650. The van der Waals surface area contributed by atoms with Crippen molar-refractivity contribution in [1.29, 1.82) is 0 Å². The molecule has 0 bridgehead atoms. The molecule has 0 aromatic heterocycles. The molecule has 0 aliphatic carbocycles. The van der Waals surface area contributed by atoms with Gasteiger partial charge in [0.15, 0.2) is 11.4 Å². The third-order valence-electron chi connectivity index (χ3n) is 2.85. The fourth-order valence-electron chi connectivity index (χ4n) is 2.04. The molecule has 0 saturated carbocycles. The number of hydrogen-bond donors (Lipinski definition) is 1. The molecule has 5 heteroatoms. The van der Waals surface area contributed by atoms with Gasteiger partial charge in [-0.1, -0.05) is 0 Å². The summed E-state index contributed by atoms with van der Waals surface area (Å²) in [5.74, 6) is -1.45. The van der Waals surface area contributed by atoms with Gasteiger partial charge in [-0.05, 0) is 27.7 Å². The molecule has 0 unspecified atom stereocenters. The van der Waals surface area contributed by atoms with Crippen molar-refractivity contribution < 1.29 is 24.1 Å². The van der Waals surface area contributed by atoms with E-state index in [1.54, 1.807) is 20.8 Å². The molecule has 2 aliphatic heterocycles. The third-order valence-corrected chi connectivity index (χ3v) is 2.85. The van der Waals surface area contributed by atoms with Crippen LogP contribution in [0.25, 0.3) is 0 Å². The number of rotatable bonds is 0. The first kappa shape index (κ1) is 10.9. The molecule has 2 heterocycles. The van der Waals surface area contributed by atoms with E-state index < -0.39 is 35.7 Å². The summed E-state index contributed by atoms with van der Waals surface area (Å²) in [6.45, 7) is 6.62. The van der Waals surface area contributed by atoms with E-state index in [2.05, 4.69) is 0 Å². The van der Waals surface area contributed by atoms with E-state index in [9.17, 15) is 9.90 Å². The lowest BCUT2D eigenvalue weighted by Gasteiger charge is -2.37. The van der Waals surface area contributed by atoms with Crippen molar-refractivity contribution in [3.05, 3.63) is 0 Å². The number of aliphatic hydroxyl groups is 1. The van der Waals surface area contributed by atoms with Crippen molar-refractivity contribution in [3.63, 3.8) is 0 Å². The van der Waals surface area contributed by atoms with Crippen LogP contribution >= 0.6 is 0 Å². The molecule has 2 fully saturated rings. The van der Waals surface area contributed by atoms with Crippen molar-refractivity contribution in [2.75, 3.05) is 0 Å². The molecule has 0 amide bonds. The first-order valence-corrected chi connectivity index (χ1v) is 5.03. The van der Waals surface area contributed by atoms with Crippen molar-refractivity contribution in [3.8, 4) is 0 Å². The van der Waals surface area contributed by atoms with Crippen molar-refractivity contribution in [1.82, 2.24) is 0 Å². The molecule has 5 nitrogen and oxygen atoms in total. The van der Waals surface area contributed by atoms with Crippen LogP contribution in [0.4, 0.5) is 0 Å². The molecule has 0 radical (unpaired) electrons. The van der Waals surface area contributed by atoms with E-state index in [0.717, 1.165) is 0 Å². The van der Waals surface area contributed by atoms with E-state index >= 15 is 0 Å². The average molecular weight is 216 g/mol. The molecule has 86 valence electrons. The summed E-state index contributed by atoms with van der Waals surface area (Å²) in [6, 6.07) is 0. The van der Waals surface area contributed by atoms with E-state index in [1.807, 2.05) is 0 Å². The number of carbonyl (C=O) groups is 1. The molecule has 1 N–H and O–H groups in total. The lowest BCUT2D eigenvalue weighted by molar-refractivity contribution is -0.204. The van der Waals surface area contributed by atoms with Crippen molar-refractivity contribution in [2.45, 2.75) is 57.4 Å². The van der Waals surface area contributed by atoms with Gasteiger partial charge in [-0.3, -0.25) is 0 Å². The monoisotopic (exact) mass is 216 g/mol. The van der Waals surface area contributed by atoms with E-state index in [4.69, 9.17) is 14.2 Å². The van der Waals surface area contributed by atoms with Crippen molar-refractivity contribution >= 4 is 5.97 Å². The minimum Gasteiger partial charge on any atom is -0.458 e. The highest BCUT2D eigenvalue weighted by Crippen LogP contribution is 2.39. The highest BCUT2D eigenvalue weighted by molar-refractivity contribution is 5.81. The minimum atomic E-state index is -1.63. The maximum atomic E-state index is 11.5.